The van der Waals surface area contributed by atoms with Crippen molar-refractivity contribution >= 4 is 23.6 Å². The first-order valence-corrected chi connectivity index (χ1v) is 6.07. The number of aldehydes is 1. The summed E-state index contributed by atoms with van der Waals surface area (Å²) in [6.07, 6.45) is 0.586. The SMILES string of the molecule is Cc1cccc(Oc2ccc(Cl)cc2C=O)c1[N+](=O)[O-]. The van der Waals surface area contributed by atoms with E-state index in [-0.39, 0.29) is 22.7 Å². The molecular weight excluding hydrogens is 282 g/mol. The first-order chi connectivity index (χ1) is 9.52. The van der Waals surface area contributed by atoms with Crippen molar-refractivity contribution < 1.29 is 14.5 Å². The van der Waals surface area contributed by atoms with Gasteiger partial charge < -0.3 is 4.74 Å². The summed E-state index contributed by atoms with van der Waals surface area (Å²) < 4.78 is 5.50. The van der Waals surface area contributed by atoms with E-state index < -0.39 is 4.92 Å². The van der Waals surface area contributed by atoms with Gasteiger partial charge in [0.1, 0.15) is 5.75 Å². The molecule has 0 bridgehead atoms. The molecule has 2 aromatic carbocycles. The number of halogens is 1. The molecule has 0 fully saturated rings. The van der Waals surface area contributed by atoms with Gasteiger partial charge in [-0.05, 0) is 31.2 Å². The maximum absolute atomic E-state index is 11.1. The van der Waals surface area contributed by atoms with Crippen molar-refractivity contribution in [3.8, 4) is 11.5 Å². The molecule has 0 unspecified atom stereocenters. The normalized spacial score (nSPS) is 10.1. The molecule has 6 heteroatoms. The van der Waals surface area contributed by atoms with E-state index in [0.29, 0.717) is 16.9 Å². The number of hydrogen-bond donors (Lipinski definition) is 0. The smallest absolute Gasteiger partial charge is 0.314 e. The van der Waals surface area contributed by atoms with Crippen molar-refractivity contribution in [3.63, 3.8) is 0 Å². The minimum Gasteiger partial charge on any atom is -0.449 e. The Balaban J connectivity index is 2.48. The first kappa shape index (κ1) is 14.0. The molecule has 0 aromatic heterocycles. The van der Waals surface area contributed by atoms with E-state index in [0.717, 1.165) is 0 Å². The summed E-state index contributed by atoms with van der Waals surface area (Å²) in [6.45, 7) is 1.62. The molecule has 0 saturated carbocycles. The molecule has 0 aliphatic heterocycles. The van der Waals surface area contributed by atoms with E-state index >= 15 is 0 Å². The molecule has 2 rings (SSSR count). The Bertz CT molecular complexity index is 685. The minimum absolute atomic E-state index is 0.0837. The average Bonchev–Trinajstić information content (AvgIpc) is 2.40. The molecule has 0 aliphatic carbocycles. The zero-order valence-corrected chi connectivity index (χ0v) is 11.3. The van der Waals surface area contributed by atoms with Crippen LogP contribution >= 0.6 is 11.6 Å². The summed E-state index contributed by atoms with van der Waals surface area (Å²) >= 11 is 5.78. The number of aryl methyl sites for hydroxylation is 1. The van der Waals surface area contributed by atoms with Crippen LogP contribution in [0.25, 0.3) is 0 Å². The largest absolute Gasteiger partial charge is 0.449 e. The monoisotopic (exact) mass is 291 g/mol. The zero-order valence-electron chi connectivity index (χ0n) is 10.5. The predicted octanol–water partition coefficient (Wildman–Crippen LogP) is 4.16. The quantitative estimate of drug-likeness (QED) is 0.482. The highest BCUT2D eigenvalue weighted by Crippen LogP contribution is 2.35. The van der Waals surface area contributed by atoms with Crippen molar-refractivity contribution in [1.82, 2.24) is 0 Å². The summed E-state index contributed by atoms with van der Waals surface area (Å²) in [7, 11) is 0. The van der Waals surface area contributed by atoms with Gasteiger partial charge in [0.25, 0.3) is 0 Å². The molecular formula is C14H10ClNO4. The molecule has 0 radical (unpaired) electrons. The van der Waals surface area contributed by atoms with Crippen LogP contribution in [-0.4, -0.2) is 11.2 Å². The van der Waals surface area contributed by atoms with Crippen LogP contribution in [0.1, 0.15) is 15.9 Å². The second kappa shape index (κ2) is 5.71. The fourth-order valence-electron chi connectivity index (χ4n) is 1.77. The molecule has 0 aliphatic rings. The number of benzene rings is 2. The number of nitro groups is 1. The van der Waals surface area contributed by atoms with E-state index in [9.17, 15) is 14.9 Å². The number of ether oxygens (including phenoxy) is 1. The van der Waals surface area contributed by atoms with Crippen molar-refractivity contribution in [2.24, 2.45) is 0 Å². The maximum atomic E-state index is 11.1. The van der Waals surface area contributed by atoms with E-state index in [1.54, 1.807) is 25.1 Å². The number of nitrogens with zero attached hydrogens (tertiary/aromatic N) is 1. The molecule has 102 valence electrons. The number of nitro benzene ring substituents is 1. The third-order valence-electron chi connectivity index (χ3n) is 2.70. The minimum atomic E-state index is -0.513. The van der Waals surface area contributed by atoms with Crippen LogP contribution < -0.4 is 4.74 Å². The number of carbonyl (C=O) groups is 1. The van der Waals surface area contributed by atoms with E-state index in [1.807, 2.05) is 0 Å². The molecule has 2 aromatic rings. The highest BCUT2D eigenvalue weighted by molar-refractivity contribution is 6.30. The lowest BCUT2D eigenvalue weighted by Crippen LogP contribution is -1.97. The van der Waals surface area contributed by atoms with Crippen LogP contribution in [0.2, 0.25) is 5.02 Å². The van der Waals surface area contributed by atoms with Crippen LogP contribution in [0.15, 0.2) is 36.4 Å². The van der Waals surface area contributed by atoms with Gasteiger partial charge in [-0.25, -0.2) is 0 Å². The van der Waals surface area contributed by atoms with E-state index in [4.69, 9.17) is 16.3 Å². The maximum Gasteiger partial charge on any atom is 0.314 e. The number of hydrogen-bond acceptors (Lipinski definition) is 4. The van der Waals surface area contributed by atoms with Gasteiger partial charge in [-0.2, -0.15) is 0 Å². The van der Waals surface area contributed by atoms with Gasteiger partial charge >= 0.3 is 5.69 Å². The molecule has 0 spiro atoms. The molecule has 0 atom stereocenters. The van der Waals surface area contributed by atoms with Crippen molar-refractivity contribution in [2.45, 2.75) is 6.92 Å². The van der Waals surface area contributed by atoms with Crippen LogP contribution in [-0.2, 0) is 0 Å². The molecule has 0 saturated heterocycles. The van der Waals surface area contributed by atoms with E-state index in [2.05, 4.69) is 0 Å². The first-order valence-electron chi connectivity index (χ1n) is 5.69. The number of rotatable bonds is 4. The molecule has 0 N–H and O–H groups in total. The lowest BCUT2D eigenvalue weighted by atomic mass is 10.2. The second-order valence-electron chi connectivity index (χ2n) is 4.08. The summed E-state index contributed by atoms with van der Waals surface area (Å²) in [4.78, 5) is 21.5. The third kappa shape index (κ3) is 2.78. The van der Waals surface area contributed by atoms with Gasteiger partial charge in [0.05, 0.1) is 10.5 Å². The molecule has 0 heterocycles. The van der Waals surface area contributed by atoms with Gasteiger partial charge in [-0.15, -0.1) is 0 Å². The standard InChI is InChI=1S/C14H10ClNO4/c1-9-3-2-4-13(14(9)16(18)19)20-12-6-5-11(15)7-10(12)8-17/h2-8H,1H3. The Morgan fingerprint density at radius 2 is 2.00 bits per heavy atom. The van der Waals surface area contributed by atoms with Crippen LogP contribution in [0.5, 0.6) is 11.5 Å². The Hall–Kier alpha value is -2.40. The third-order valence-corrected chi connectivity index (χ3v) is 2.94. The van der Waals surface area contributed by atoms with Crippen molar-refractivity contribution in [3.05, 3.63) is 62.7 Å². The van der Waals surface area contributed by atoms with Gasteiger partial charge in [-0.3, -0.25) is 14.9 Å². The van der Waals surface area contributed by atoms with Gasteiger partial charge in [0.2, 0.25) is 5.75 Å². The lowest BCUT2D eigenvalue weighted by molar-refractivity contribution is -0.386. The molecule has 0 amide bonds. The zero-order chi connectivity index (χ0) is 14.7. The average molecular weight is 292 g/mol. The second-order valence-corrected chi connectivity index (χ2v) is 4.52. The van der Waals surface area contributed by atoms with Crippen LogP contribution in [0.3, 0.4) is 0 Å². The van der Waals surface area contributed by atoms with Gasteiger partial charge in [0, 0.05) is 10.6 Å². The number of para-hydroxylation sites is 1. The Morgan fingerprint density at radius 3 is 2.65 bits per heavy atom. The van der Waals surface area contributed by atoms with Crippen molar-refractivity contribution in [1.29, 1.82) is 0 Å². The van der Waals surface area contributed by atoms with E-state index in [1.165, 1.54) is 18.2 Å². The van der Waals surface area contributed by atoms with Crippen LogP contribution in [0.4, 0.5) is 5.69 Å². The Morgan fingerprint density at radius 1 is 1.25 bits per heavy atom. The van der Waals surface area contributed by atoms with Crippen LogP contribution in [0, 0.1) is 17.0 Å². The topological polar surface area (TPSA) is 69.4 Å². The highest BCUT2D eigenvalue weighted by Gasteiger charge is 2.19. The summed E-state index contributed by atoms with van der Waals surface area (Å²) in [5.74, 6) is 0.304. The van der Waals surface area contributed by atoms with Gasteiger partial charge in [-0.1, -0.05) is 23.7 Å². The Kier molecular flexibility index (Phi) is 4.00. The summed E-state index contributed by atoms with van der Waals surface area (Å²) in [5, 5.41) is 11.5. The fraction of sp³-hybridized carbons (Fsp3) is 0.0714. The van der Waals surface area contributed by atoms with Crippen molar-refractivity contribution in [2.75, 3.05) is 0 Å². The Labute approximate surface area is 119 Å². The van der Waals surface area contributed by atoms with Gasteiger partial charge in [0.15, 0.2) is 6.29 Å². The summed E-state index contributed by atoms with van der Waals surface area (Å²) in [5.41, 5.74) is 0.585. The molecule has 5 nitrogen and oxygen atoms in total. The molecule has 20 heavy (non-hydrogen) atoms. The lowest BCUT2D eigenvalue weighted by Gasteiger charge is -2.09. The number of carbonyl (C=O) groups excluding carboxylic acids is 1. The summed E-state index contributed by atoms with van der Waals surface area (Å²) in [6, 6.07) is 9.23. The fourth-order valence-corrected chi connectivity index (χ4v) is 1.95. The predicted molar refractivity (Wildman–Crippen MR) is 74.7 cm³/mol. The highest BCUT2D eigenvalue weighted by atomic mass is 35.5.